The zero-order valence-electron chi connectivity index (χ0n) is 18.9. The summed E-state index contributed by atoms with van der Waals surface area (Å²) in [5.74, 6) is 0.409. The number of carbonyl (C=O) groups excluding carboxylic acids is 2. The molecule has 0 bridgehead atoms. The summed E-state index contributed by atoms with van der Waals surface area (Å²) in [5.41, 5.74) is 2.66. The smallest absolute Gasteiger partial charge is 0.289 e. The van der Waals surface area contributed by atoms with Gasteiger partial charge in [-0.3, -0.25) is 14.5 Å². The molecule has 3 aromatic rings. The number of nitrogens with zero attached hydrogens (tertiary/aromatic N) is 3. The molecule has 2 aliphatic rings. The van der Waals surface area contributed by atoms with E-state index < -0.39 is 0 Å². The zero-order valence-corrected chi connectivity index (χ0v) is 19.7. The quantitative estimate of drug-likeness (QED) is 0.573. The number of amides is 2. The lowest BCUT2D eigenvalue weighted by atomic mass is 9.93. The van der Waals surface area contributed by atoms with Crippen molar-refractivity contribution in [2.24, 2.45) is 0 Å². The highest BCUT2D eigenvalue weighted by Crippen LogP contribution is 2.37. The number of hydrogen-bond donors (Lipinski definition) is 0. The Bertz CT molecular complexity index is 1100. The first-order valence-electron chi connectivity index (χ1n) is 11.6. The van der Waals surface area contributed by atoms with Crippen LogP contribution in [0.5, 0.6) is 0 Å². The Hall–Kier alpha value is -2.90. The minimum atomic E-state index is -0.106. The summed E-state index contributed by atoms with van der Waals surface area (Å²) >= 11 is 1.83. The number of piperazine rings is 1. The fourth-order valence-electron chi connectivity index (χ4n) is 5.06. The van der Waals surface area contributed by atoms with Crippen molar-refractivity contribution in [3.8, 4) is 0 Å². The third-order valence-corrected chi connectivity index (χ3v) is 7.76. The Morgan fingerprint density at radius 2 is 1.91 bits per heavy atom. The van der Waals surface area contributed by atoms with E-state index in [1.54, 1.807) is 17.0 Å². The van der Waals surface area contributed by atoms with E-state index in [1.165, 1.54) is 22.3 Å². The van der Waals surface area contributed by atoms with Crippen LogP contribution in [0.25, 0.3) is 0 Å². The number of thiophene rings is 1. The molecule has 2 amide bonds. The maximum Gasteiger partial charge on any atom is 0.289 e. The SMILES string of the molecule is C[C@@H]1CN(C(=O)CCN2CCc3sccc3[C@@H]2c2ccccc2)CCN1C(=O)c1ccco1. The third-order valence-electron chi connectivity index (χ3n) is 6.77. The second-order valence-corrected chi connectivity index (χ2v) is 9.81. The molecule has 1 saturated heterocycles. The van der Waals surface area contributed by atoms with E-state index in [4.69, 9.17) is 4.42 Å². The molecule has 6 nitrogen and oxygen atoms in total. The average Bonchev–Trinajstić information content (AvgIpc) is 3.54. The van der Waals surface area contributed by atoms with Gasteiger partial charge < -0.3 is 14.2 Å². The number of hydrogen-bond acceptors (Lipinski definition) is 5. The van der Waals surface area contributed by atoms with Gasteiger partial charge in [0.15, 0.2) is 5.76 Å². The van der Waals surface area contributed by atoms with Gasteiger partial charge in [0.05, 0.1) is 12.3 Å². The maximum absolute atomic E-state index is 13.1. The van der Waals surface area contributed by atoms with Gasteiger partial charge in [-0.05, 0) is 48.1 Å². The summed E-state index contributed by atoms with van der Waals surface area (Å²) < 4.78 is 5.27. The summed E-state index contributed by atoms with van der Waals surface area (Å²) in [6.45, 7) is 5.33. The zero-order chi connectivity index (χ0) is 22.8. The minimum absolute atomic E-state index is 0.0410. The normalized spacial score (nSPS) is 21.1. The summed E-state index contributed by atoms with van der Waals surface area (Å²) in [7, 11) is 0. The van der Waals surface area contributed by atoms with Crippen LogP contribution in [0.15, 0.2) is 64.6 Å². The van der Waals surface area contributed by atoms with E-state index in [0.29, 0.717) is 31.8 Å². The third kappa shape index (κ3) is 4.48. The molecule has 2 aromatic heterocycles. The van der Waals surface area contributed by atoms with Crippen LogP contribution in [-0.2, 0) is 11.2 Å². The molecule has 0 N–H and O–H groups in total. The van der Waals surface area contributed by atoms with Crippen molar-refractivity contribution in [2.45, 2.75) is 31.8 Å². The van der Waals surface area contributed by atoms with Crippen molar-refractivity contribution < 1.29 is 14.0 Å². The monoisotopic (exact) mass is 463 g/mol. The molecular weight excluding hydrogens is 434 g/mol. The molecule has 0 spiro atoms. The highest BCUT2D eigenvalue weighted by molar-refractivity contribution is 7.10. The van der Waals surface area contributed by atoms with Gasteiger partial charge in [0.1, 0.15) is 0 Å². The molecule has 2 aliphatic heterocycles. The maximum atomic E-state index is 13.1. The van der Waals surface area contributed by atoms with E-state index in [1.807, 2.05) is 29.2 Å². The second-order valence-electron chi connectivity index (χ2n) is 8.81. The van der Waals surface area contributed by atoms with Gasteiger partial charge in [0, 0.05) is 50.1 Å². The van der Waals surface area contributed by atoms with Crippen LogP contribution < -0.4 is 0 Å². The number of benzene rings is 1. The first-order chi connectivity index (χ1) is 16.1. The largest absolute Gasteiger partial charge is 0.459 e. The van der Waals surface area contributed by atoms with Crippen molar-refractivity contribution in [2.75, 3.05) is 32.7 Å². The summed E-state index contributed by atoms with van der Waals surface area (Å²) in [6, 6.07) is 16.4. The van der Waals surface area contributed by atoms with E-state index >= 15 is 0 Å². The highest BCUT2D eigenvalue weighted by Gasteiger charge is 2.33. The predicted molar refractivity (Wildman–Crippen MR) is 128 cm³/mol. The molecule has 172 valence electrons. The molecule has 0 saturated carbocycles. The van der Waals surface area contributed by atoms with Crippen LogP contribution in [-0.4, -0.2) is 65.3 Å². The van der Waals surface area contributed by atoms with Crippen LogP contribution in [0.2, 0.25) is 0 Å². The van der Waals surface area contributed by atoms with Crippen molar-refractivity contribution in [1.82, 2.24) is 14.7 Å². The summed E-state index contributed by atoms with van der Waals surface area (Å²) in [5, 5.41) is 2.18. The molecule has 2 atom stereocenters. The van der Waals surface area contributed by atoms with Crippen LogP contribution in [0.4, 0.5) is 0 Å². The van der Waals surface area contributed by atoms with Crippen molar-refractivity contribution in [1.29, 1.82) is 0 Å². The second kappa shape index (κ2) is 9.53. The van der Waals surface area contributed by atoms with E-state index in [-0.39, 0.29) is 23.9 Å². The first-order valence-corrected chi connectivity index (χ1v) is 12.5. The summed E-state index contributed by atoms with van der Waals surface area (Å²) in [6.07, 6.45) is 3.04. The lowest BCUT2D eigenvalue weighted by molar-refractivity contribution is -0.134. The van der Waals surface area contributed by atoms with Gasteiger partial charge in [-0.2, -0.15) is 0 Å². The standard InChI is InChI=1S/C26H29N3O3S/c1-19-18-28(14-15-29(19)26(31)22-8-5-16-32-22)24(30)10-13-27-12-9-23-21(11-17-33-23)25(27)20-6-3-2-4-7-20/h2-8,11,16-17,19,25H,9-10,12-15,18H2,1H3/t19-,25+/m1/s1. The number of furan rings is 1. The van der Waals surface area contributed by atoms with Crippen LogP contribution in [0, 0.1) is 0 Å². The lowest BCUT2D eigenvalue weighted by Crippen LogP contribution is -2.55. The highest BCUT2D eigenvalue weighted by atomic mass is 32.1. The Kier molecular flexibility index (Phi) is 6.33. The molecular formula is C26H29N3O3S. The molecule has 0 radical (unpaired) electrons. The number of fused-ring (bicyclic) bond motifs is 1. The molecule has 33 heavy (non-hydrogen) atoms. The van der Waals surface area contributed by atoms with E-state index in [2.05, 4.69) is 40.6 Å². The first kappa shape index (κ1) is 21.9. The van der Waals surface area contributed by atoms with Crippen LogP contribution in [0.3, 0.4) is 0 Å². The predicted octanol–water partition coefficient (Wildman–Crippen LogP) is 4.05. The van der Waals surface area contributed by atoms with Crippen molar-refractivity contribution in [3.63, 3.8) is 0 Å². The molecule has 1 aromatic carbocycles. The van der Waals surface area contributed by atoms with Gasteiger partial charge >= 0.3 is 0 Å². The molecule has 5 rings (SSSR count). The molecule has 1 fully saturated rings. The topological polar surface area (TPSA) is 57.0 Å². The fourth-order valence-corrected chi connectivity index (χ4v) is 5.96. The Labute approximate surface area is 198 Å². The van der Waals surface area contributed by atoms with Crippen LogP contribution >= 0.6 is 11.3 Å². The van der Waals surface area contributed by atoms with E-state index in [0.717, 1.165) is 19.5 Å². The Morgan fingerprint density at radius 3 is 2.67 bits per heavy atom. The molecule has 0 unspecified atom stereocenters. The molecule has 0 aliphatic carbocycles. The van der Waals surface area contributed by atoms with Crippen molar-refractivity contribution >= 4 is 23.2 Å². The average molecular weight is 464 g/mol. The number of carbonyl (C=O) groups is 2. The molecule has 7 heteroatoms. The minimum Gasteiger partial charge on any atom is -0.459 e. The Morgan fingerprint density at radius 1 is 1.06 bits per heavy atom. The van der Waals surface area contributed by atoms with Crippen molar-refractivity contribution in [3.05, 3.63) is 81.9 Å². The van der Waals surface area contributed by atoms with Gasteiger partial charge in [-0.1, -0.05) is 30.3 Å². The molecule has 4 heterocycles. The number of rotatable bonds is 5. The Balaban J connectivity index is 1.21. The summed E-state index contributed by atoms with van der Waals surface area (Å²) in [4.78, 5) is 33.4. The van der Waals surface area contributed by atoms with E-state index in [9.17, 15) is 9.59 Å². The fraction of sp³-hybridized carbons (Fsp3) is 0.385. The van der Waals surface area contributed by atoms with Gasteiger partial charge in [-0.25, -0.2) is 0 Å². The van der Waals surface area contributed by atoms with Crippen LogP contribution in [0.1, 0.15) is 45.9 Å². The van der Waals surface area contributed by atoms with Gasteiger partial charge in [-0.15, -0.1) is 11.3 Å². The van der Waals surface area contributed by atoms with Gasteiger partial charge in [0.2, 0.25) is 5.91 Å². The lowest BCUT2D eigenvalue weighted by Gasteiger charge is -2.40. The van der Waals surface area contributed by atoms with Gasteiger partial charge in [0.25, 0.3) is 5.91 Å².